The van der Waals surface area contributed by atoms with Gasteiger partial charge in [0.15, 0.2) is 0 Å². The summed E-state index contributed by atoms with van der Waals surface area (Å²) >= 11 is 0. The molecule has 0 saturated carbocycles. The van der Waals surface area contributed by atoms with E-state index in [-0.39, 0.29) is 18.0 Å². The van der Waals surface area contributed by atoms with E-state index in [1.807, 2.05) is 18.7 Å². The van der Waals surface area contributed by atoms with E-state index in [0.717, 1.165) is 13.1 Å². The van der Waals surface area contributed by atoms with Gasteiger partial charge < -0.3 is 15.4 Å². The lowest BCUT2D eigenvalue weighted by Gasteiger charge is -2.43. The molecule has 0 aliphatic carbocycles. The Bertz CT molecular complexity index is 545. The molecule has 2 aliphatic rings. The smallest absolute Gasteiger partial charge is 0.148 e. The molecule has 134 valence electrons. The van der Waals surface area contributed by atoms with E-state index < -0.39 is 5.67 Å². The molecular formula is C18H27F2N3O. The zero-order valence-corrected chi connectivity index (χ0v) is 14.5. The van der Waals surface area contributed by atoms with E-state index in [0.29, 0.717) is 43.9 Å². The van der Waals surface area contributed by atoms with Gasteiger partial charge in [-0.15, -0.1) is 0 Å². The number of hydrogen-bond donors (Lipinski definition) is 1. The minimum Gasteiger partial charge on any atom is -0.397 e. The third kappa shape index (κ3) is 3.81. The number of ether oxygens (including phenoxy) is 1. The summed E-state index contributed by atoms with van der Waals surface area (Å²) in [7, 11) is 0. The average Bonchev–Trinajstić information content (AvgIpc) is 2.48. The van der Waals surface area contributed by atoms with Crippen molar-refractivity contribution in [3.05, 3.63) is 24.0 Å². The number of hydrogen-bond acceptors (Lipinski definition) is 4. The number of para-hydroxylation sites is 1. The van der Waals surface area contributed by atoms with Crippen molar-refractivity contribution < 1.29 is 13.5 Å². The normalized spacial score (nSPS) is 28.1. The molecule has 3 rings (SSSR count). The molecule has 0 spiro atoms. The van der Waals surface area contributed by atoms with Gasteiger partial charge in [0.1, 0.15) is 11.5 Å². The zero-order chi connectivity index (χ0) is 17.3. The van der Waals surface area contributed by atoms with E-state index in [1.54, 1.807) is 12.1 Å². The van der Waals surface area contributed by atoms with Crippen LogP contribution in [-0.2, 0) is 4.74 Å². The fraction of sp³-hybridized carbons (Fsp3) is 0.667. The molecule has 1 aromatic carbocycles. The zero-order valence-electron chi connectivity index (χ0n) is 14.5. The Hall–Kier alpha value is -1.40. The molecule has 4 nitrogen and oxygen atoms in total. The first-order chi connectivity index (χ1) is 11.4. The molecule has 0 bridgehead atoms. The predicted octanol–water partition coefficient (Wildman–Crippen LogP) is 2.83. The topological polar surface area (TPSA) is 41.7 Å². The highest BCUT2D eigenvalue weighted by Gasteiger charge is 2.38. The van der Waals surface area contributed by atoms with Gasteiger partial charge >= 0.3 is 0 Å². The number of nitrogens with zero attached hydrogens (tertiary/aromatic N) is 2. The first kappa shape index (κ1) is 17.4. The maximum atomic E-state index is 15.3. The summed E-state index contributed by atoms with van der Waals surface area (Å²) < 4.78 is 35.0. The van der Waals surface area contributed by atoms with Crippen LogP contribution in [0.25, 0.3) is 0 Å². The highest BCUT2D eigenvalue weighted by Crippen LogP contribution is 2.34. The van der Waals surface area contributed by atoms with Crippen molar-refractivity contribution in [2.45, 2.75) is 44.6 Å². The number of piperidine rings is 1. The van der Waals surface area contributed by atoms with Gasteiger partial charge in [-0.3, -0.25) is 4.90 Å². The van der Waals surface area contributed by atoms with Crippen molar-refractivity contribution in [2.75, 3.05) is 43.4 Å². The van der Waals surface area contributed by atoms with Crippen LogP contribution in [0.5, 0.6) is 0 Å². The van der Waals surface area contributed by atoms with E-state index in [9.17, 15) is 4.39 Å². The maximum absolute atomic E-state index is 15.3. The van der Waals surface area contributed by atoms with Crippen LogP contribution >= 0.6 is 0 Å². The van der Waals surface area contributed by atoms with Crippen molar-refractivity contribution in [1.82, 2.24) is 4.90 Å². The monoisotopic (exact) mass is 339 g/mol. The lowest BCUT2D eigenvalue weighted by Crippen LogP contribution is -2.53. The van der Waals surface area contributed by atoms with Gasteiger partial charge in [-0.05, 0) is 26.0 Å². The lowest BCUT2D eigenvalue weighted by molar-refractivity contribution is -0.0825. The molecule has 2 heterocycles. The Morgan fingerprint density at radius 2 is 1.83 bits per heavy atom. The lowest BCUT2D eigenvalue weighted by atomic mass is 9.91. The summed E-state index contributed by atoms with van der Waals surface area (Å²) in [5.41, 5.74) is 5.50. The molecule has 2 fully saturated rings. The summed E-state index contributed by atoms with van der Waals surface area (Å²) in [6.07, 6.45) is 1.05. The molecule has 0 unspecified atom stereocenters. The molecule has 0 aromatic heterocycles. The molecule has 2 saturated heterocycles. The number of benzene rings is 1. The van der Waals surface area contributed by atoms with Crippen LogP contribution in [0.15, 0.2) is 18.2 Å². The number of morpholine rings is 1. The van der Waals surface area contributed by atoms with Gasteiger partial charge in [-0.25, -0.2) is 8.78 Å². The number of nitrogen functional groups attached to an aromatic ring is 1. The van der Waals surface area contributed by atoms with Crippen LogP contribution in [0.2, 0.25) is 0 Å². The van der Waals surface area contributed by atoms with Crippen molar-refractivity contribution in [3.8, 4) is 0 Å². The Kier molecular flexibility index (Phi) is 4.97. The summed E-state index contributed by atoms with van der Waals surface area (Å²) in [5.74, 6) is -0.336. The SMILES string of the molecule is C[C@@H]1CN(CC2(F)CCN(c3c(N)cccc3F)CC2)C[C@H](C)O1. The van der Waals surface area contributed by atoms with Crippen molar-refractivity contribution in [1.29, 1.82) is 0 Å². The third-order valence-corrected chi connectivity index (χ3v) is 5.00. The molecule has 2 aliphatic heterocycles. The largest absolute Gasteiger partial charge is 0.397 e. The Balaban J connectivity index is 1.61. The Morgan fingerprint density at radius 1 is 1.21 bits per heavy atom. The molecule has 1 aromatic rings. The van der Waals surface area contributed by atoms with Crippen molar-refractivity contribution >= 4 is 11.4 Å². The second kappa shape index (κ2) is 6.84. The van der Waals surface area contributed by atoms with Crippen molar-refractivity contribution in [2.24, 2.45) is 0 Å². The molecule has 2 atom stereocenters. The van der Waals surface area contributed by atoms with Gasteiger partial charge in [0, 0.05) is 45.6 Å². The Labute approximate surface area is 142 Å². The average molecular weight is 339 g/mol. The summed E-state index contributed by atoms with van der Waals surface area (Å²) in [6.45, 7) is 6.97. The second-order valence-corrected chi connectivity index (χ2v) is 7.27. The minimum atomic E-state index is -1.23. The third-order valence-electron chi connectivity index (χ3n) is 5.00. The number of alkyl halides is 1. The van der Waals surface area contributed by atoms with Crippen LogP contribution in [-0.4, -0.2) is 55.5 Å². The van der Waals surface area contributed by atoms with E-state index in [2.05, 4.69) is 4.90 Å². The first-order valence-corrected chi connectivity index (χ1v) is 8.72. The number of halogens is 2. The maximum Gasteiger partial charge on any atom is 0.148 e. The fourth-order valence-electron chi connectivity index (χ4n) is 3.97. The predicted molar refractivity (Wildman–Crippen MR) is 92.5 cm³/mol. The van der Waals surface area contributed by atoms with Gasteiger partial charge in [0.2, 0.25) is 0 Å². The van der Waals surface area contributed by atoms with Gasteiger partial charge in [-0.1, -0.05) is 6.07 Å². The number of nitrogens with two attached hydrogens (primary N) is 1. The quantitative estimate of drug-likeness (QED) is 0.860. The van der Waals surface area contributed by atoms with Crippen LogP contribution in [0.4, 0.5) is 20.2 Å². The molecule has 0 radical (unpaired) electrons. The van der Waals surface area contributed by atoms with Crippen LogP contribution < -0.4 is 10.6 Å². The van der Waals surface area contributed by atoms with E-state index >= 15 is 4.39 Å². The second-order valence-electron chi connectivity index (χ2n) is 7.27. The highest BCUT2D eigenvalue weighted by molar-refractivity contribution is 5.68. The van der Waals surface area contributed by atoms with E-state index in [1.165, 1.54) is 6.07 Å². The fourth-order valence-corrected chi connectivity index (χ4v) is 3.97. The molecule has 24 heavy (non-hydrogen) atoms. The summed E-state index contributed by atoms with van der Waals surface area (Å²) in [4.78, 5) is 4.03. The van der Waals surface area contributed by atoms with Crippen LogP contribution in [0, 0.1) is 5.82 Å². The molecule has 6 heteroatoms. The summed E-state index contributed by atoms with van der Waals surface area (Å²) in [6, 6.07) is 4.68. The van der Waals surface area contributed by atoms with E-state index in [4.69, 9.17) is 10.5 Å². The number of rotatable bonds is 3. The van der Waals surface area contributed by atoms with Crippen LogP contribution in [0.1, 0.15) is 26.7 Å². The van der Waals surface area contributed by atoms with Crippen molar-refractivity contribution in [3.63, 3.8) is 0 Å². The van der Waals surface area contributed by atoms with Crippen LogP contribution in [0.3, 0.4) is 0 Å². The Morgan fingerprint density at radius 3 is 2.42 bits per heavy atom. The number of anilines is 2. The van der Waals surface area contributed by atoms with Gasteiger partial charge in [-0.2, -0.15) is 0 Å². The molecule has 0 amide bonds. The van der Waals surface area contributed by atoms with Gasteiger partial charge in [0.05, 0.1) is 23.6 Å². The first-order valence-electron chi connectivity index (χ1n) is 8.72. The summed E-state index contributed by atoms with van der Waals surface area (Å²) in [5, 5.41) is 0. The minimum absolute atomic E-state index is 0.135. The molecule has 2 N–H and O–H groups in total. The molecular weight excluding hydrogens is 312 g/mol. The standard InChI is InChI=1S/C18H27F2N3O/c1-13-10-22(11-14(2)24-13)12-18(20)6-8-23(9-7-18)17-15(19)4-3-5-16(17)21/h3-5,13-14H,6-12,21H2,1-2H3/t13-,14+. The highest BCUT2D eigenvalue weighted by atomic mass is 19.1. The van der Waals surface area contributed by atoms with Gasteiger partial charge in [0.25, 0.3) is 0 Å².